The Hall–Kier alpha value is -3.84. The summed E-state index contributed by atoms with van der Waals surface area (Å²) in [6.07, 6.45) is 0.570. The molecule has 9 nitrogen and oxygen atoms in total. The Morgan fingerprint density at radius 3 is 2.50 bits per heavy atom. The molecule has 2 aromatic carbocycles. The lowest BCUT2D eigenvalue weighted by Crippen LogP contribution is -2.45. The molecule has 232 valence electrons. The van der Waals surface area contributed by atoms with Crippen LogP contribution >= 0.6 is 11.3 Å². The highest BCUT2D eigenvalue weighted by atomic mass is 32.1. The zero-order valence-corrected chi connectivity index (χ0v) is 24.9. The minimum atomic E-state index is -4.83. The molecule has 13 heteroatoms. The third-order valence-corrected chi connectivity index (χ3v) is 9.61. The average molecular weight is 630 g/mol. The van der Waals surface area contributed by atoms with Crippen LogP contribution in [0.25, 0.3) is 21.5 Å². The second-order valence-corrected chi connectivity index (χ2v) is 12.4. The minimum absolute atomic E-state index is 0.0462. The van der Waals surface area contributed by atoms with Gasteiger partial charge in [-0.2, -0.15) is 0 Å². The number of halogens is 3. The zero-order valence-electron chi connectivity index (χ0n) is 24.1. The fourth-order valence-corrected chi connectivity index (χ4v) is 7.65. The predicted molar refractivity (Wildman–Crippen MR) is 155 cm³/mol. The van der Waals surface area contributed by atoms with E-state index in [9.17, 15) is 18.0 Å². The highest BCUT2D eigenvalue weighted by molar-refractivity contribution is 7.22. The molecule has 1 aliphatic carbocycles. The lowest BCUT2D eigenvalue weighted by molar-refractivity contribution is -0.274. The molecule has 4 aromatic rings. The van der Waals surface area contributed by atoms with Gasteiger partial charge in [-0.3, -0.25) is 0 Å². The van der Waals surface area contributed by atoms with Crippen LogP contribution in [-0.2, 0) is 16.1 Å². The van der Waals surface area contributed by atoms with Crippen molar-refractivity contribution in [3.8, 4) is 22.8 Å². The number of esters is 1. The van der Waals surface area contributed by atoms with Crippen molar-refractivity contribution in [3.05, 3.63) is 53.3 Å². The molecule has 2 saturated heterocycles. The minimum Gasteiger partial charge on any atom is -0.494 e. The van der Waals surface area contributed by atoms with Crippen molar-refractivity contribution >= 4 is 32.7 Å². The van der Waals surface area contributed by atoms with Crippen molar-refractivity contribution in [1.29, 1.82) is 0 Å². The van der Waals surface area contributed by atoms with E-state index >= 15 is 0 Å². The van der Waals surface area contributed by atoms with Gasteiger partial charge in [-0.1, -0.05) is 28.6 Å². The van der Waals surface area contributed by atoms with Gasteiger partial charge in [-0.25, -0.2) is 9.78 Å². The molecule has 0 radical (unpaired) electrons. The Labute approximate surface area is 254 Å². The van der Waals surface area contributed by atoms with Crippen molar-refractivity contribution in [1.82, 2.24) is 10.1 Å². The van der Waals surface area contributed by atoms with Gasteiger partial charge in [0.1, 0.15) is 28.5 Å². The Balaban J connectivity index is 1.10. The van der Waals surface area contributed by atoms with Gasteiger partial charge in [0.25, 0.3) is 0 Å². The number of para-hydroxylation sites is 1. The number of hydrogen-bond donors (Lipinski definition) is 0. The summed E-state index contributed by atoms with van der Waals surface area (Å²) in [4.78, 5) is 19.5. The van der Waals surface area contributed by atoms with Gasteiger partial charge >= 0.3 is 12.3 Å². The first-order valence-corrected chi connectivity index (χ1v) is 15.3. The number of piperidine rings is 1. The Bertz CT molecular complexity index is 1690. The molecule has 3 atom stereocenters. The topological polar surface area (TPSA) is 96.2 Å². The van der Waals surface area contributed by atoms with E-state index in [2.05, 4.69) is 14.8 Å². The van der Waals surface area contributed by atoms with Gasteiger partial charge in [0, 0.05) is 29.1 Å². The first kappa shape index (κ1) is 28.9. The third-order valence-electron chi connectivity index (χ3n) is 8.60. The van der Waals surface area contributed by atoms with Crippen LogP contribution in [0.3, 0.4) is 0 Å². The number of thiazole rings is 1. The van der Waals surface area contributed by atoms with Crippen LogP contribution < -0.4 is 14.4 Å². The first-order valence-electron chi connectivity index (χ1n) is 14.5. The molecule has 2 aromatic heterocycles. The number of methoxy groups -OCH3 is 2. The van der Waals surface area contributed by atoms with Crippen LogP contribution in [0.15, 0.2) is 40.9 Å². The van der Waals surface area contributed by atoms with E-state index in [0.29, 0.717) is 33.8 Å². The summed E-state index contributed by atoms with van der Waals surface area (Å²) >= 11 is 1.53. The maximum Gasteiger partial charge on any atom is 0.573 e. The van der Waals surface area contributed by atoms with Crippen molar-refractivity contribution in [2.75, 3.05) is 19.1 Å². The number of hydrogen-bond acceptors (Lipinski definition) is 10. The molecule has 0 spiro atoms. The molecule has 2 bridgehead atoms. The van der Waals surface area contributed by atoms with Gasteiger partial charge in [-0.15, -0.1) is 13.2 Å². The summed E-state index contributed by atoms with van der Waals surface area (Å²) in [6, 6.07) is 9.84. The predicted octanol–water partition coefficient (Wildman–Crippen LogP) is 7.24. The molecule has 2 aliphatic heterocycles. The molecule has 0 N–H and O–H groups in total. The Kier molecular flexibility index (Phi) is 7.40. The number of aromatic nitrogens is 2. The summed E-state index contributed by atoms with van der Waals surface area (Å²) in [5.41, 5.74) is 2.34. The number of carbonyl (C=O) groups excluding carboxylic acids is 1. The van der Waals surface area contributed by atoms with Crippen molar-refractivity contribution < 1.29 is 41.4 Å². The van der Waals surface area contributed by atoms with Gasteiger partial charge in [0.15, 0.2) is 5.13 Å². The molecular weight excluding hydrogens is 599 g/mol. The van der Waals surface area contributed by atoms with Crippen LogP contribution in [0.2, 0.25) is 0 Å². The SMILES string of the molecule is COC(=O)c1cc(OC)c2nc(N3[C@@H]4CC[C@H]3C[C@H](OCc3c(-c5ccccc5OC(F)(F)F)noc3C3CC3)C4)sc2c1. The second kappa shape index (κ2) is 11.3. The van der Waals surface area contributed by atoms with Crippen molar-refractivity contribution in [2.45, 2.75) is 75.6 Å². The van der Waals surface area contributed by atoms with Crippen LogP contribution in [-0.4, -0.2) is 54.9 Å². The molecule has 44 heavy (non-hydrogen) atoms. The quantitative estimate of drug-likeness (QED) is 0.178. The summed E-state index contributed by atoms with van der Waals surface area (Å²) in [7, 11) is 2.90. The summed E-state index contributed by atoms with van der Waals surface area (Å²) in [5, 5.41) is 5.08. The molecule has 7 rings (SSSR count). The van der Waals surface area contributed by atoms with E-state index in [1.807, 2.05) is 0 Å². The molecule has 4 heterocycles. The van der Waals surface area contributed by atoms with E-state index in [1.54, 1.807) is 31.4 Å². The number of rotatable bonds is 9. The number of benzene rings is 2. The number of anilines is 1. The number of nitrogens with zero attached hydrogens (tertiary/aromatic N) is 3. The summed E-state index contributed by atoms with van der Waals surface area (Å²) in [5.74, 6) is 0.634. The molecule has 0 unspecified atom stereocenters. The number of fused-ring (bicyclic) bond motifs is 3. The van der Waals surface area contributed by atoms with Gasteiger partial charge in [-0.05, 0) is 62.8 Å². The van der Waals surface area contributed by atoms with Gasteiger partial charge in [0.05, 0.1) is 37.2 Å². The highest BCUT2D eigenvalue weighted by Crippen LogP contribution is 2.47. The molecule has 0 amide bonds. The molecule has 3 aliphatic rings. The van der Waals surface area contributed by atoms with E-state index in [4.69, 9.17) is 23.7 Å². The second-order valence-electron chi connectivity index (χ2n) is 11.4. The fourth-order valence-electron chi connectivity index (χ4n) is 6.48. The smallest absolute Gasteiger partial charge is 0.494 e. The summed E-state index contributed by atoms with van der Waals surface area (Å²) < 4.78 is 67.2. The third kappa shape index (κ3) is 5.47. The Morgan fingerprint density at radius 2 is 1.82 bits per heavy atom. The maximum absolute atomic E-state index is 13.1. The van der Waals surface area contributed by atoms with E-state index in [-0.39, 0.29) is 42.0 Å². The Morgan fingerprint density at radius 1 is 1.07 bits per heavy atom. The number of alkyl halides is 3. The lowest BCUT2D eigenvalue weighted by Gasteiger charge is -2.38. The van der Waals surface area contributed by atoms with Crippen molar-refractivity contribution in [2.24, 2.45) is 0 Å². The van der Waals surface area contributed by atoms with E-state index in [1.165, 1.54) is 30.6 Å². The highest BCUT2D eigenvalue weighted by Gasteiger charge is 2.43. The van der Waals surface area contributed by atoms with E-state index in [0.717, 1.165) is 48.4 Å². The van der Waals surface area contributed by atoms with Crippen LogP contribution in [0.1, 0.15) is 66.1 Å². The van der Waals surface area contributed by atoms with Gasteiger partial charge < -0.3 is 28.4 Å². The normalized spacial score (nSPS) is 21.6. The summed E-state index contributed by atoms with van der Waals surface area (Å²) in [6.45, 7) is 0.184. The van der Waals surface area contributed by atoms with E-state index < -0.39 is 12.3 Å². The average Bonchev–Trinajstić information content (AvgIpc) is 3.52. The van der Waals surface area contributed by atoms with Gasteiger partial charge in [0.2, 0.25) is 0 Å². The maximum atomic E-state index is 13.1. The largest absolute Gasteiger partial charge is 0.573 e. The number of ether oxygens (including phenoxy) is 4. The van der Waals surface area contributed by atoms with Crippen LogP contribution in [0.4, 0.5) is 18.3 Å². The standard InChI is InChI=1S/C31H30F3N3O6S/c1-39-24-11-17(29(38)40-2)12-25-27(24)35-30(44-25)37-18-9-10-19(37)14-20(13-18)41-15-22-26(36-43-28(22)16-7-8-16)21-5-3-4-6-23(21)42-31(32,33)34/h3-6,11-12,16,18-20H,7-10,13-15H2,1-2H3/t18-,19+,20-. The fraction of sp³-hybridized carbons (Fsp3) is 0.452. The zero-order chi connectivity index (χ0) is 30.6. The molecular formula is C31H30F3N3O6S. The van der Waals surface area contributed by atoms with Crippen molar-refractivity contribution in [3.63, 3.8) is 0 Å². The van der Waals surface area contributed by atoms with Crippen LogP contribution in [0.5, 0.6) is 11.5 Å². The first-order chi connectivity index (χ1) is 21.2. The monoisotopic (exact) mass is 629 g/mol. The lowest BCUT2D eigenvalue weighted by atomic mass is 10.00. The molecule has 3 fully saturated rings. The van der Waals surface area contributed by atoms with Crippen LogP contribution in [0, 0.1) is 0 Å². The molecule has 1 saturated carbocycles. The number of carbonyl (C=O) groups is 1.